The van der Waals surface area contributed by atoms with Crippen LogP contribution in [-0.2, 0) is 9.59 Å². The van der Waals surface area contributed by atoms with Crippen molar-refractivity contribution >= 4 is 11.9 Å². The second kappa shape index (κ2) is 7.36. The van der Waals surface area contributed by atoms with Crippen molar-refractivity contribution in [1.82, 2.24) is 4.90 Å². The number of carboxylic acids is 1. The number of amides is 1. The lowest BCUT2D eigenvalue weighted by molar-refractivity contribution is -0.150. The zero-order valence-electron chi connectivity index (χ0n) is 11.1. The van der Waals surface area contributed by atoms with Crippen LogP contribution in [0.2, 0.25) is 0 Å². The fraction of sp³-hybridized carbons (Fsp3) is 0.846. The average molecular weight is 256 g/mol. The minimum Gasteiger partial charge on any atom is -0.480 e. The van der Waals surface area contributed by atoms with Crippen LogP contribution in [0.5, 0.6) is 0 Å². The number of hydrogen-bond donors (Lipinski definition) is 2. The third kappa shape index (κ3) is 3.98. The van der Waals surface area contributed by atoms with E-state index in [-0.39, 0.29) is 11.8 Å². The number of hydrogen-bond acceptors (Lipinski definition) is 3. The van der Waals surface area contributed by atoms with Gasteiger partial charge < -0.3 is 15.7 Å². The molecule has 18 heavy (non-hydrogen) atoms. The molecule has 1 amide bonds. The molecule has 5 nitrogen and oxygen atoms in total. The van der Waals surface area contributed by atoms with Crippen LogP contribution in [0.3, 0.4) is 0 Å². The second-order valence-electron chi connectivity index (χ2n) is 5.00. The minimum atomic E-state index is -0.883. The lowest BCUT2D eigenvalue weighted by Crippen LogP contribution is -2.45. The number of rotatable bonds is 5. The summed E-state index contributed by atoms with van der Waals surface area (Å²) >= 11 is 0. The molecule has 1 rings (SSSR count). The van der Waals surface area contributed by atoms with E-state index in [0.29, 0.717) is 25.9 Å². The summed E-state index contributed by atoms with van der Waals surface area (Å²) in [4.78, 5) is 25.0. The molecule has 0 bridgehead atoms. The Labute approximate surface area is 108 Å². The molecular weight excluding hydrogens is 232 g/mol. The summed E-state index contributed by atoms with van der Waals surface area (Å²) in [6.07, 6.45) is 4.58. The Bertz CT molecular complexity index is 290. The van der Waals surface area contributed by atoms with Crippen LogP contribution in [0.4, 0.5) is 0 Å². The van der Waals surface area contributed by atoms with Crippen LogP contribution in [0.1, 0.15) is 45.4 Å². The molecule has 2 atom stereocenters. The van der Waals surface area contributed by atoms with Gasteiger partial charge in [-0.15, -0.1) is 0 Å². The second-order valence-corrected chi connectivity index (χ2v) is 5.00. The van der Waals surface area contributed by atoms with Crippen LogP contribution in [0.25, 0.3) is 0 Å². The van der Waals surface area contributed by atoms with E-state index in [0.717, 1.165) is 25.7 Å². The molecular formula is C13H24N2O3. The molecule has 3 N–H and O–H groups in total. The molecule has 1 heterocycles. The Hall–Kier alpha value is -1.10. The third-order valence-electron chi connectivity index (χ3n) is 3.73. The van der Waals surface area contributed by atoms with E-state index in [1.807, 2.05) is 6.92 Å². The fourth-order valence-electron chi connectivity index (χ4n) is 2.42. The SMILES string of the molecule is CCC(CN)CC(=O)N1CCCCCC1C(=O)O. The maximum Gasteiger partial charge on any atom is 0.326 e. The van der Waals surface area contributed by atoms with Gasteiger partial charge in [-0.25, -0.2) is 4.79 Å². The highest BCUT2D eigenvalue weighted by Gasteiger charge is 2.31. The molecule has 104 valence electrons. The molecule has 1 aliphatic rings. The first-order valence-electron chi connectivity index (χ1n) is 6.82. The van der Waals surface area contributed by atoms with Crippen molar-refractivity contribution in [2.24, 2.45) is 11.7 Å². The van der Waals surface area contributed by atoms with Crippen LogP contribution >= 0.6 is 0 Å². The molecule has 0 aromatic rings. The van der Waals surface area contributed by atoms with Gasteiger partial charge in [0, 0.05) is 13.0 Å². The maximum atomic E-state index is 12.2. The number of carbonyl (C=O) groups is 2. The highest BCUT2D eigenvalue weighted by molar-refractivity contribution is 5.83. The van der Waals surface area contributed by atoms with Crippen LogP contribution in [-0.4, -0.2) is 41.0 Å². The molecule has 0 spiro atoms. The molecule has 2 unspecified atom stereocenters. The summed E-state index contributed by atoms with van der Waals surface area (Å²) in [6, 6.07) is -0.643. The van der Waals surface area contributed by atoms with Crippen molar-refractivity contribution in [2.45, 2.75) is 51.5 Å². The van der Waals surface area contributed by atoms with Gasteiger partial charge in [-0.3, -0.25) is 4.79 Å². The van der Waals surface area contributed by atoms with E-state index in [9.17, 15) is 14.7 Å². The third-order valence-corrected chi connectivity index (χ3v) is 3.73. The number of carbonyl (C=O) groups excluding carboxylic acids is 1. The van der Waals surface area contributed by atoms with Crippen molar-refractivity contribution in [2.75, 3.05) is 13.1 Å². The van der Waals surface area contributed by atoms with Crippen molar-refractivity contribution in [3.05, 3.63) is 0 Å². The molecule has 0 aromatic heterocycles. The van der Waals surface area contributed by atoms with E-state index >= 15 is 0 Å². The monoisotopic (exact) mass is 256 g/mol. The first kappa shape index (κ1) is 15.0. The zero-order chi connectivity index (χ0) is 13.5. The van der Waals surface area contributed by atoms with E-state index in [2.05, 4.69) is 0 Å². The van der Waals surface area contributed by atoms with Crippen molar-refractivity contribution in [3.8, 4) is 0 Å². The van der Waals surface area contributed by atoms with E-state index < -0.39 is 12.0 Å². The Morgan fingerprint density at radius 3 is 2.67 bits per heavy atom. The molecule has 5 heteroatoms. The van der Waals surface area contributed by atoms with Gasteiger partial charge in [-0.05, 0) is 25.3 Å². The Kier molecular flexibility index (Phi) is 6.12. The minimum absolute atomic E-state index is 0.0541. The summed E-state index contributed by atoms with van der Waals surface area (Å²) < 4.78 is 0. The highest BCUT2D eigenvalue weighted by atomic mass is 16.4. The molecule has 0 aromatic carbocycles. The predicted octanol–water partition coefficient (Wildman–Crippen LogP) is 1.22. The summed E-state index contributed by atoms with van der Waals surface area (Å²) in [5, 5.41) is 9.21. The fourth-order valence-corrected chi connectivity index (χ4v) is 2.42. The number of likely N-dealkylation sites (tertiary alicyclic amines) is 1. The van der Waals surface area contributed by atoms with Gasteiger partial charge in [0.05, 0.1) is 0 Å². The topological polar surface area (TPSA) is 83.6 Å². The quantitative estimate of drug-likeness (QED) is 0.774. The standard InChI is InChI=1S/C13H24N2O3/c1-2-10(9-14)8-12(16)15-7-5-3-4-6-11(15)13(17)18/h10-11H,2-9,14H2,1H3,(H,17,18). The first-order valence-corrected chi connectivity index (χ1v) is 6.82. The number of nitrogens with zero attached hydrogens (tertiary/aromatic N) is 1. The molecule has 1 saturated heterocycles. The van der Waals surface area contributed by atoms with E-state index in [1.54, 1.807) is 4.90 Å². The lowest BCUT2D eigenvalue weighted by atomic mass is 10.0. The largest absolute Gasteiger partial charge is 0.480 e. The Balaban J connectivity index is 2.69. The first-order chi connectivity index (χ1) is 8.60. The smallest absolute Gasteiger partial charge is 0.326 e. The molecule has 1 fully saturated rings. The van der Waals surface area contributed by atoms with Gasteiger partial charge in [0.25, 0.3) is 0 Å². The van der Waals surface area contributed by atoms with Gasteiger partial charge in [0.15, 0.2) is 0 Å². The van der Waals surface area contributed by atoms with Gasteiger partial charge in [-0.2, -0.15) is 0 Å². The normalized spacial score (nSPS) is 22.3. The van der Waals surface area contributed by atoms with Gasteiger partial charge >= 0.3 is 5.97 Å². The van der Waals surface area contributed by atoms with Crippen molar-refractivity contribution in [1.29, 1.82) is 0 Å². The summed E-state index contributed by atoms with van der Waals surface area (Å²) in [6.45, 7) is 3.05. The summed E-state index contributed by atoms with van der Waals surface area (Å²) in [7, 11) is 0. The van der Waals surface area contributed by atoms with Gasteiger partial charge in [0.2, 0.25) is 5.91 Å². The van der Waals surface area contributed by atoms with Crippen LogP contribution in [0, 0.1) is 5.92 Å². The number of aliphatic carboxylic acids is 1. The zero-order valence-corrected chi connectivity index (χ0v) is 11.1. The Morgan fingerprint density at radius 1 is 1.39 bits per heavy atom. The predicted molar refractivity (Wildman–Crippen MR) is 69.1 cm³/mol. The van der Waals surface area contributed by atoms with Gasteiger partial charge in [-0.1, -0.05) is 26.2 Å². The van der Waals surface area contributed by atoms with Gasteiger partial charge in [0.1, 0.15) is 6.04 Å². The highest BCUT2D eigenvalue weighted by Crippen LogP contribution is 2.19. The van der Waals surface area contributed by atoms with E-state index in [1.165, 1.54) is 0 Å². The number of nitrogens with two attached hydrogens (primary N) is 1. The summed E-state index contributed by atoms with van der Waals surface area (Å²) in [5.41, 5.74) is 5.60. The molecule has 0 aliphatic carbocycles. The molecule has 1 aliphatic heterocycles. The molecule has 0 radical (unpaired) electrons. The average Bonchev–Trinajstić information content (AvgIpc) is 2.61. The number of carboxylic acid groups (broad SMARTS) is 1. The van der Waals surface area contributed by atoms with Crippen molar-refractivity contribution < 1.29 is 14.7 Å². The van der Waals surface area contributed by atoms with Crippen LogP contribution in [0.15, 0.2) is 0 Å². The van der Waals surface area contributed by atoms with E-state index in [4.69, 9.17) is 5.73 Å². The van der Waals surface area contributed by atoms with Crippen molar-refractivity contribution in [3.63, 3.8) is 0 Å². The summed E-state index contributed by atoms with van der Waals surface area (Å²) in [5.74, 6) is -0.775. The lowest BCUT2D eigenvalue weighted by Gasteiger charge is -2.28. The Morgan fingerprint density at radius 2 is 2.11 bits per heavy atom. The van der Waals surface area contributed by atoms with Crippen LogP contribution < -0.4 is 5.73 Å². The molecule has 0 saturated carbocycles. The maximum absolute atomic E-state index is 12.2.